The Balaban J connectivity index is 1.89. The molecule has 156 valence electrons. The summed E-state index contributed by atoms with van der Waals surface area (Å²) in [5.74, 6) is -0.818. The summed E-state index contributed by atoms with van der Waals surface area (Å²) in [6.07, 6.45) is 3.34. The lowest BCUT2D eigenvalue weighted by atomic mass is 10.1. The van der Waals surface area contributed by atoms with Crippen molar-refractivity contribution in [2.75, 3.05) is 24.7 Å². The average Bonchev–Trinajstić information content (AvgIpc) is 3.19. The lowest BCUT2D eigenvalue weighted by molar-refractivity contribution is 0.0772. The number of carbonyl (C=O) groups is 2. The third-order valence-electron chi connectivity index (χ3n) is 4.65. The molecule has 0 spiro atoms. The first-order valence-corrected chi connectivity index (χ1v) is 10.8. The number of carbonyl (C=O) groups excluding carboxylic acids is 2. The summed E-state index contributed by atoms with van der Waals surface area (Å²) in [6.45, 7) is 5.07. The first-order valence-electron chi connectivity index (χ1n) is 9.56. The summed E-state index contributed by atoms with van der Waals surface area (Å²) < 4.78 is 15.0. The minimum Gasteiger partial charge on any atom is -0.339 e. The van der Waals surface area contributed by atoms with E-state index in [2.05, 4.69) is 10.3 Å². The summed E-state index contributed by atoms with van der Waals surface area (Å²) in [6, 6.07) is 12.7. The molecule has 1 aromatic heterocycles. The van der Waals surface area contributed by atoms with E-state index in [9.17, 15) is 14.0 Å². The van der Waals surface area contributed by atoms with E-state index in [0.717, 1.165) is 0 Å². The third-order valence-corrected chi connectivity index (χ3v) is 5.30. The molecule has 0 bridgehead atoms. The van der Waals surface area contributed by atoms with Crippen molar-refractivity contribution >= 4 is 29.3 Å². The third kappa shape index (κ3) is 4.54. The number of nitrogens with zero attached hydrogens (tertiary/aromatic N) is 3. The van der Waals surface area contributed by atoms with Gasteiger partial charge in [0.25, 0.3) is 11.8 Å². The topological polar surface area (TPSA) is 67.2 Å². The van der Waals surface area contributed by atoms with Crippen LogP contribution in [0.4, 0.5) is 10.1 Å². The maximum atomic E-state index is 13.3. The van der Waals surface area contributed by atoms with Crippen LogP contribution in [0.5, 0.6) is 0 Å². The molecule has 1 N–H and O–H groups in total. The lowest BCUT2D eigenvalue weighted by Crippen LogP contribution is -2.30. The highest BCUT2D eigenvalue weighted by molar-refractivity contribution is 7.98. The first-order chi connectivity index (χ1) is 14.5. The van der Waals surface area contributed by atoms with Crippen LogP contribution in [-0.4, -0.2) is 45.6 Å². The molecule has 0 aliphatic rings. The second-order valence-electron chi connectivity index (χ2n) is 6.45. The Bertz CT molecular complexity index is 1050. The summed E-state index contributed by atoms with van der Waals surface area (Å²) in [7, 11) is 0. The van der Waals surface area contributed by atoms with Crippen LogP contribution in [0.3, 0.4) is 0 Å². The molecule has 0 aliphatic heterocycles. The second-order valence-corrected chi connectivity index (χ2v) is 7.23. The normalized spacial score (nSPS) is 10.7. The Morgan fingerprint density at radius 2 is 1.83 bits per heavy atom. The number of nitrogens with one attached hydrogen (secondary N) is 1. The van der Waals surface area contributed by atoms with Crippen molar-refractivity contribution in [3.8, 4) is 5.69 Å². The smallest absolute Gasteiger partial charge is 0.274 e. The molecule has 0 saturated carbocycles. The minimum absolute atomic E-state index is 0.0860. The van der Waals surface area contributed by atoms with Gasteiger partial charge in [-0.25, -0.2) is 9.37 Å². The standard InChI is InChI=1S/C22H23FN4O2S/c1-4-26(5-2)21(29)15-7-6-8-17(13-15)25-20(28)19-14-24-22(30-3)27(19)18-11-9-16(23)10-12-18/h6-14H,4-5H2,1-3H3,(H,25,28). The van der Waals surface area contributed by atoms with Gasteiger partial charge in [0.15, 0.2) is 5.16 Å². The highest BCUT2D eigenvalue weighted by Crippen LogP contribution is 2.23. The number of hydrogen-bond acceptors (Lipinski definition) is 4. The SMILES string of the molecule is CCN(CC)C(=O)c1cccc(NC(=O)c2cnc(SC)n2-c2ccc(F)cc2)c1. The first kappa shape index (κ1) is 21.6. The van der Waals surface area contributed by atoms with E-state index < -0.39 is 0 Å². The van der Waals surface area contributed by atoms with Gasteiger partial charge in [-0.05, 0) is 62.6 Å². The molecule has 0 unspecified atom stereocenters. The van der Waals surface area contributed by atoms with E-state index in [1.807, 2.05) is 20.1 Å². The predicted molar refractivity (Wildman–Crippen MR) is 117 cm³/mol. The van der Waals surface area contributed by atoms with Crippen molar-refractivity contribution in [3.05, 3.63) is 71.8 Å². The lowest BCUT2D eigenvalue weighted by Gasteiger charge is -2.19. The largest absolute Gasteiger partial charge is 0.339 e. The number of thioether (sulfide) groups is 1. The molecule has 0 saturated heterocycles. The Labute approximate surface area is 179 Å². The van der Waals surface area contributed by atoms with Gasteiger partial charge >= 0.3 is 0 Å². The molecule has 3 rings (SSSR count). The number of anilines is 1. The predicted octanol–water partition coefficient (Wildman–Crippen LogP) is 4.47. The summed E-state index contributed by atoms with van der Waals surface area (Å²) in [5.41, 5.74) is 1.96. The van der Waals surface area contributed by atoms with Crippen LogP contribution in [0.25, 0.3) is 5.69 Å². The van der Waals surface area contributed by atoms with Crippen LogP contribution >= 0.6 is 11.8 Å². The van der Waals surface area contributed by atoms with Gasteiger partial charge in [-0.15, -0.1) is 0 Å². The fraction of sp³-hybridized carbons (Fsp3) is 0.227. The molecule has 0 radical (unpaired) electrons. The fourth-order valence-corrected chi connectivity index (χ4v) is 3.64. The molecule has 2 amide bonds. The van der Waals surface area contributed by atoms with E-state index in [0.29, 0.717) is 40.9 Å². The van der Waals surface area contributed by atoms with E-state index in [-0.39, 0.29) is 17.6 Å². The Morgan fingerprint density at radius 3 is 2.47 bits per heavy atom. The molecule has 1 heterocycles. The highest BCUT2D eigenvalue weighted by atomic mass is 32.2. The molecule has 8 heteroatoms. The van der Waals surface area contributed by atoms with Crippen LogP contribution in [0.1, 0.15) is 34.7 Å². The quantitative estimate of drug-likeness (QED) is 0.566. The minimum atomic E-state index is -0.375. The molecule has 2 aromatic carbocycles. The monoisotopic (exact) mass is 426 g/mol. The van der Waals surface area contributed by atoms with Gasteiger partial charge in [0.1, 0.15) is 11.5 Å². The molecule has 30 heavy (non-hydrogen) atoms. The van der Waals surface area contributed by atoms with E-state index >= 15 is 0 Å². The Morgan fingerprint density at radius 1 is 1.13 bits per heavy atom. The molecule has 0 aliphatic carbocycles. The summed E-state index contributed by atoms with van der Waals surface area (Å²) >= 11 is 1.38. The van der Waals surface area contributed by atoms with Gasteiger partial charge in [-0.2, -0.15) is 0 Å². The van der Waals surface area contributed by atoms with Crippen molar-refractivity contribution in [3.63, 3.8) is 0 Å². The van der Waals surface area contributed by atoms with Crippen LogP contribution in [0.15, 0.2) is 59.9 Å². The van der Waals surface area contributed by atoms with Crippen molar-refractivity contribution in [2.24, 2.45) is 0 Å². The number of imidazole rings is 1. The van der Waals surface area contributed by atoms with Crippen molar-refractivity contribution in [1.29, 1.82) is 0 Å². The summed E-state index contributed by atoms with van der Waals surface area (Å²) in [5, 5.41) is 3.44. The number of aromatic nitrogens is 2. The van der Waals surface area contributed by atoms with Crippen molar-refractivity contribution in [1.82, 2.24) is 14.5 Å². The van der Waals surface area contributed by atoms with E-state index in [1.165, 1.54) is 30.1 Å². The fourth-order valence-electron chi connectivity index (χ4n) is 3.10. The Kier molecular flexibility index (Phi) is 6.89. The van der Waals surface area contributed by atoms with Gasteiger partial charge in [0.2, 0.25) is 0 Å². The van der Waals surface area contributed by atoms with Crippen LogP contribution in [0.2, 0.25) is 0 Å². The van der Waals surface area contributed by atoms with Gasteiger partial charge < -0.3 is 10.2 Å². The average molecular weight is 427 g/mol. The van der Waals surface area contributed by atoms with Crippen molar-refractivity contribution in [2.45, 2.75) is 19.0 Å². The van der Waals surface area contributed by atoms with Crippen LogP contribution in [-0.2, 0) is 0 Å². The number of hydrogen-bond donors (Lipinski definition) is 1. The van der Waals surface area contributed by atoms with Gasteiger partial charge in [0, 0.05) is 30.0 Å². The highest BCUT2D eigenvalue weighted by Gasteiger charge is 2.19. The molecular weight excluding hydrogens is 403 g/mol. The molecule has 3 aromatic rings. The van der Waals surface area contributed by atoms with E-state index in [4.69, 9.17) is 0 Å². The van der Waals surface area contributed by atoms with Gasteiger partial charge in [-0.1, -0.05) is 17.8 Å². The maximum Gasteiger partial charge on any atom is 0.274 e. The van der Waals surface area contributed by atoms with E-state index in [1.54, 1.807) is 45.9 Å². The molecular formula is C22H23FN4O2S. The molecule has 0 fully saturated rings. The number of benzene rings is 2. The maximum absolute atomic E-state index is 13.3. The van der Waals surface area contributed by atoms with Gasteiger partial charge in [-0.3, -0.25) is 14.2 Å². The number of halogens is 1. The van der Waals surface area contributed by atoms with Crippen LogP contribution in [0, 0.1) is 5.82 Å². The number of amides is 2. The zero-order valence-corrected chi connectivity index (χ0v) is 17.9. The van der Waals surface area contributed by atoms with Crippen LogP contribution < -0.4 is 5.32 Å². The summed E-state index contributed by atoms with van der Waals surface area (Å²) in [4.78, 5) is 31.6. The molecule has 6 nitrogen and oxygen atoms in total. The van der Waals surface area contributed by atoms with Crippen molar-refractivity contribution < 1.29 is 14.0 Å². The number of rotatable bonds is 7. The zero-order valence-electron chi connectivity index (χ0n) is 17.1. The second kappa shape index (κ2) is 9.58. The molecule has 0 atom stereocenters. The van der Waals surface area contributed by atoms with Gasteiger partial charge in [0.05, 0.1) is 6.20 Å². The zero-order chi connectivity index (χ0) is 21.7. The Hall–Kier alpha value is -3.13.